The summed E-state index contributed by atoms with van der Waals surface area (Å²) in [6.07, 6.45) is 0. The molecule has 3 nitrogen and oxygen atoms in total. The lowest BCUT2D eigenvalue weighted by molar-refractivity contribution is 0.164. The minimum absolute atomic E-state index is 0.115. The molecular weight excluding hydrogens is 399 g/mol. The van der Waals surface area contributed by atoms with Crippen molar-refractivity contribution < 1.29 is 17.0 Å². The molecule has 0 aromatic heterocycles. The molecule has 0 fully saturated rings. The number of rotatable bonds is 6. The Bertz CT molecular complexity index is 1110. The lowest BCUT2D eigenvalue weighted by Crippen LogP contribution is -2.35. The third-order valence-electron chi connectivity index (χ3n) is 4.88. The Morgan fingerprint density at radius 2 is 0.933 bits per heavy atom. The van der Waals surface area contributed by atoms with Gasteiger partial charge in [0.05, 0.1) is 4.90 Å². The fourth-order valence-electron chi connectivity index (χ4n) is 3.48. The molecule has 0 aliphatic heterocycles. The SMILES string of the molecule is O=S(=O)(OC(c1ccccc1)(c1ccccc1)c1ccccc1)c1ccc(F)cc1. The van der Waals surface area contributed by atoms with Crippen LogP contribution in [0.1, 0.15) is 16.7 Å². The molecule has 0 N–H and O–H groups in total. The standard InChI is InChI=1S/C25H19FO3S/c26-23-16-18-24(19-17-23)30(27,28)29-25(20-10-4-1-5-11-20,21-12-6-2-7-13-21)22-14-8-3-9-15-22/h1-19H. The van der Waals surface area contributed by atoms with E-state index in [4.69, 9.17) is 4.18 Å². The Morgan fingerprint density at radius 1 is 0.567 bits per heavy atom. The summed E-state index contributed by atoms with van der Waals surface area (Å²) in [5, 5.41) is 0. The maximum absolute atomic E-state index is 13.4. The molecule has 4 rings (SSSR count). The Kier molecular flexibility index (Phi) is 5.48. The summed E-state index contributed by atoms with van der Waals surface area (Å²) in [7, 11) is -4.25. The summed E-state index contributed by atoms with van der Waals surface area (Å²) in [5.74, 6) is -0.519. The molecule has 0 atom stereocenters. The molecule has 0 heterocycles. The highest BCUT2D eigenvalue weighted by Gasteiger charge is 2.42. The third-order valence-corrected chi connectivity index (χ3v) is 6.20. The van der Waals surface area contributed by atoms with Crippen LogP contribution in [-0.2, 0) is 19.9 Å². The first-order valence-corrected chi connectivity index (χ1v) is 10.8. The van der Waals surface area contributed by atoms with Crippen LogP contribution in [-0.4, -0.2) is 8.42 Å². The first-order valence-electron chi connectivity index (χ1n) is 9.40. The summed E-state index contributed by atoms with van der Waals surface area (Å²) in [6.45, 7) is 0. The summed E-state index contributed by atoms with van der Waals surface area (Å²) in [6, 6.07) is 32.2. The average molecular weight is 418 g/mol. The molecule has 0 saturated heterocycles. The topological polar surface area (TPSA) is 43.4 Å². The van der Waals surface area contributed by atoms with Crippen LogP contribution < -0.4 is 0 Å². The van der Waals surface area contributed by atoms with Gasteiger partial charge in [-0.25, -0.2) is 8.57 Å². The maximum Gasteiger partial charge on any atom is 0.298 e. The largest absolute Gasteiger partial charge is 0.298 e. The second-order valence-corrected chi connectivity index (χ2v) is 8.32. The fourth-order valence-corrected chi connectivity index (χ4v) is 4.66. The second-order valence-electron chi connectivity index (χ2n) is 6.77. The van der Waals surface area contributed by atoms with Gasteiger partial charge in [0.1, 0.15) is 5.82 Å². The highest BCUT2D eigenvalue weighted by molar-refractivity contribution is 7.86. The summed E-state index contributed by atoms with van der Waals surface area (Å²) >= 11 is 0. The zero-order chi connectivity index (χ0) is 21.0. The Hall–Kier alpha value is -3.28. The van der Waals surface area contributed by atoms with Gasteiger partial charge >= 0.3 is 0 Å². The molecule has 0 bridgehead atoms. The number of hydrogen-bond acceptors (Lipinski definition) is 3. The molecular formula is C25H19FO3S. The van der Waals surface area contributed by atoms with Gasteiger partial charge in [-0.15, -0.1) is 0 Å². The van der Waals surface area contributed by atoms with Gasteiger partial charge in [-0.05, 0) is 41.0 Å². The number of hydrogen-bond donors (Lipinski definition) is 0. The lowest BCUT2D eigenvalue weighted by atomic mass is 9.80. The van der Waals surface area contributed by atoms with Crippen molar-refractivity contribution in [3.05, 3.63) is 138 Å². The van der Waals surface area contributed by atoms with Crippen molar-refractivity contribution >= 4 is 10.1 Å². The van der Waals surface area contributed by atoms with Crippen molar-refractivity contribution in [2.75, 3.05) is 0 Å². The molecule has 4 aromatic carbocycles. The van der Waals surface area contributed by atoms with Crippen LogP contribution >= 0.6 is 0 Å². The van der Waals surface area contributed by atoms with E-state index in [1.807, 2.05) is 91.0 Å². The van der Waals surface area contributed by atoms with Gasteiger partial charge in [-0.2, -0.15) is 8.42 Å². The van der Waals surface area contributed by atoms with E-state index in [1.165, 1.54) is 12.1 Å². The van der Waals surface area contributed by atoms with Crippen LogP contribution in [0.3, 0.4) is 0 Å². The average Bonchev–Trinajstić information content (AvgIpc) is 2.79. The van der Waals surface area contributed by atoms with Gasteiger partial charge in [0.15, 0.2) is 5.60 Å². The van der Waals surface area contributed by atoms with Crippen LogP contribution in [0.15, 0.2) is 120 Å². The smallest absolute Gasteiger partial charge is 0.245 e. The second kappa shape index (κ2) is 8.22. The Morgan fingerprint density at radius 3 is 1.30 bits per heavy atom. The lowest BCUT2D eigenvalue weighted by Gasteiger charge is -2.34. The molecule has 0 aliphatic rings. The van der Waals surface area contributed by atoms with E-state index >= 15 is 0 Å². The van der Waals surface area contributed by atoms with Crippen LogP contribution in [0, 0.1) is 5.82 Å². The van der Waals surface area contributed by atoms with Crippen LogP contribution in [0.2, 0.25) is 0 Å². The monoisotopic (exact) mass is 418 g/mol. The van der Waals surface area contributed by atoms with Gasteiger partial charge in [-0.3, -0.25) is 0 Å². The van der Waals surface area contributed by atoms with Crippen LogP contribution in [0.5, 0.6) is 0 Å². The molecule has 150 valence electrons. The minimum atomic E-state index is -4.25. The van der Waals surface area contributed by atoms with Gasteiger partial charge in [0.2, 0.25) is 0 Å². The van der Waals surface area contributed by atoms with Crippen molar-refractivity contribution in [1.82, 2.24) is 0 Å². The van der Waals surface area contributed by atoms with Crippen molar-refractivity contribution in [2.45, 2.75) is 10.5 Å². The third kappa shape index (κ3) is 3.77. The van der Waals surface area contributed by atoms with Gasteiger partial charge in [0, 0.05) is 0 Å². The fraction of sp³-hybridized carbons (Fsp3) is 0.0400. The van der Waals surface area contributed by atoms with Gasteiger partial charge in [0.25, 0.3) is 10.1 Å². The van der Waals surface area contributed by atoms with E-state index in [9.17, 15) is 12.8 Å². The molecule has 0 spiro atoms. The first kappa shape index (κ1) is 20.0. The molecule has 0 radical (unpaired) electrons. The van der Waals surface area contributed by atoms with Crippen LogP contribution in [0.4, 0.5) is 4.39 Å². The molecule has 30 heavy (non-hydrogen) atoms. The van der Waals surface area contributed by atoms with E-state index in [0.29, 0.717) is 16.7 Å². The predicted molar refractivity (Wildman–Crippen MR) is 114 cm³/mol. The molecule has 0 amide bonds. The summed E-state index contributed by atoms with van der Waals surface area (Å²) in [4.78, 5) is -0.115. The zero-order valence-electron chi connectivity index (χ0n) is 16.0. The molecule has 5 heteroatoms. The Balaban J connectivity index is 1.99. The number of benzene rings is 4. The van der Waals surface area contributed by atoms with Crippen molar-refractivity contribution in [1.29, 1.82) is 0 Å². The highest BCUT2D eigenvalue weighted by Crippen LogP contribution is 2.42. The normalized spacial score (nSPS) is 11.9. The van der Waals surface area contributed by atoms with E-state index in [0.717, 1.165) is 12.1 Å². The van der Waals surface area contributed by atoms with E-state index < -0.39 is 21.5 Å². The van der Waals surface area contributed by atoms with Gasteiger partial charge in [-0.1, -0.05) is 91.0 Å². The van der Waals surface area contributed by atoms with E-state index in [1.54, 1.807) is 0 Å². The van der Waals surface area contributed by atoms with Crippen molar-refractivity contribution in [2.24, 2.45) is 0 Å². The Labute approximate surface area is 175 Å². The predicted octanol–water partition coefficient (Wildman–Crippen LogP) is 5.52. The molecule has 0 saturated carbocycles. The first-order chi connectivity index (χ1) is 14.5. The quantitative estimate of drug-likeness (QED) is 0.306. The summed E-state index contributed by atoms with van der Waals surface area (Å²) in [5.41, 5.74) is 0.561. The molecule has 0 aliphatic carbocycles. The zero-order valence-corrected chi connectivity index (χ0v) is 16.8. The van der Waals surface area contributed by atoms with E-state index in [2.05, 4.69) is 0 Å². The molecule has 4 aromatic rings. The van der Waals surface area contributed by atoms with Crippen molar-refractivity contribution in [3.63, 3.8) is 0 Å². The molecule has 0 unspecified atom stereocenters. The van der Waals surface area contributed by atoms with E-state index in [-0.39, 0.29) is 4.90 Å². The van der Waals surface area contributed by atoms with Crippen LogP contribution in [0.25, 0.3) is 0 Å². The minimum Gasteiger partial charge on any atom is -0.245 e. The van der Waals surface area contributed by atoms with Crippen molar-refractivity contribution in [3.8, 4) is 0 Å². The van der Waals surface area contributed by atoms with Gasteiger partial charge < -0.3 is 0 Å². The summed E-state index contributed by atoms with van der Waals surface area (Å²) < 4.78 is 46.1. The highest BCUT2D eigenvalue weighted by atomic mass is 32.2. The number of halogens is 1. The maximum atomic E-state index is 13.4.